The van der Waals surface area contributed by atoms with Crippen LogP contribution in [0.15, 0.2) is 24.3 Å². The van der Waals surface area contributed by atoms with Crippen molar-refractivity contribution in [2.45, 2.75) is 32.7 Å². The summed E-state index contributed by atoms with van der Waals surface area (Å²) in [6.07, 6.45) is 1.96. The number of nitrogens with one attached hydrogen (secondary N) is 2. The van der Waals surface area contributed by atoms with Crippen molar-refractivity contribution >= 4 is 27.1 Å². The standard InChI is InChI=1S/C15H22N2O3S/c1-3-21(19,20)10-11(2)16-13-6-8-14(9-7-13)17-15(18)12-4-5-12/h6-9,11-12,16H,3-5,10H2,1-2H3,(H,17,18). The van der Waals surface area contributed by atoms with Crippen molar-refractivity contribution in [1.82, 2.24) is 0 Å². The summed E-state index contributed by atoms with van der Waals surface area (Å²) in [6, 6.07) is 7.18. The molecule has 0 heterocycles. The Balaban J connectivity index is 1.88. The van der Waals surface area contributed by atoms with Gasteiger partial charge >= 0.3 is 0 Å². The van der Waals surface area contributed by atoms with Crippen molar-refractivity contribution in [3.63, 3.8) is 0 Å². The number of rotatable bonds is 7. The topological polar surface area (TPSA) is 75.3 Å². The van der Waals surface area contributed by atoms with Gasteiger partial charge in [-0.1, -0.05) is 6.92 Å². The van der Waals surface area contributed by atoms with E-state index in [1.54, 1.807) is 6.92 Å². The molecule has 0 spiro atoms. The molecule has 1 fully saturated rings. The van der Waals surface area contributed by atoms with Crippen LogP contribution in [0.5, 0.6) is 0 Å². The fourth-order valence-corrected chi connectivity index (χ4v) is 3.15. The molecule has 116 valence electrons. The van der Waals surface area contributed by atoms with Crippen molar-refractivity contribution in [3.8, 4) is 0 Å². The smallest absolute Gasteiger partial charge is 0.227 e. The highest BCUT2D eigenvalue weighted by Gasteiger charge is 2.29. The van der Waals surface area contributed by atoms with E-state index in [2.05, 4.69) is 10.6 Å². The molecule has 1 saturated carbocycles. The first kappa shape index (κ1) is 15.8. The molecule has 1 amide bonds. The molecule has 0 saturated heterocycles. The van der Waals surface area contributed by atoms with Crippen LogP contribution in [0, 0.1) is 5.92 Å². The maximum absolute atomic E-state index is 11.6. The van der Waals surface area contributed by atoms with Crippen LogP contribution in [0.3, 0.4) is 0 Å². The van der Waals surface area contributed by atoms with Gasteiger partial charge in [-0.3, -0.25) is 4.79 Å². The molecule has 1 aromatic carbocycles. The van der Waals surface area contributed by atoms with Crippen molar-refractivity contribution in [2.24, 2.45) is 5.92 Å². The van der Waals surface area contributed by atoms with Gasteiger partial charge in [0.2, 0.25) is 5.91 Å². The first-order valence-electron chi connectivity index (χ1n) is 7.27. The Morgan fingerprint density at radius 2 is 1.81 bits per heavy atom. The molecule has 21 heavy (non-hydrogen) atoms. The molecule has 1 atom stereocenters. The fourth-order valence-electron chi connectivity index (χ4n) is 2.06. The SMILES string of the molecule is CCS(=O)(=O)CC(C)Nc1ccc(NC(=O)C2CC2)cc1. The third kappa shape index (κ3) is 5.04. The Labute approximate surface area is 126 Å². The number of amides is 1. The minimum absolute atomic E-state index is 0.0816. The van der Waals surface area contributed by atoms with Crippen molar-refractivity contribution in [3.05, 3.63) is 24.3 Å². The lowest BCUT2D eigenvalue weighted by atomic mass is 10.2. The summed E-state index contributed by atoms with van der Waals surface area (Å²) in [5.41, 5.74) is 1.62. The van der Waals surface area contributed by atoms with Gasteiger partial charge in [-0.25, -0.2) is 8.42 Å². The van der Waals surface area contributed by atoms with Crippen LogP contribution >= 0.6 is 0 Å². The molecule has 0 aliphatic heterocycles. The van der Waals surface area contributed by atoms with E-state index in [0.717, 1.165) is 24.2 Å². The van der Waals surface area contributed by atoms with Gasteiger partial charge in [-0.15, -0.1) is 0 Å². The van der Waals surface area contributed by atoms with E-state index in [1.165, 1.54) is 0 Å². The van der Waals surface area contributed by atoms with Gasteiger partial charge in [-0.05, 0) is 44.0 Å². The molecule has 0 aromatic heterocycles. The predicted octanol–water partition coefficient (Wildman–Crippen LogP) is 2.27. The molecule has 2 rings (SSSR count). The molecular formula is C15H22N2O3S. The predicted molar refractivity (Wildman–Crippen MR) is 85.2 cm³/mol. The summed E-state index contributed by atoms with van der Waals surface area (Å²) in [7, 11) is -2.98. The minimum atomic E-state index is -2.98. The zero-order chi connectivity index (χ0) is 15.5. The lowest BCUT2D eigenvalue weighted by Crippen LogP contribution is -2.26. The van der Waals surface area contributed by atoms with Gasteiger partial charge in [0.25, 0.3) is 0 Å². The van der Waals surface area contributed by atoms with Crippen LogP contribution in [0.2, 0.25) is 0 Å². The lowest BCUT2D eigenvalue weighted by Gasteiger charge is -2.15. The molecule has 1 aliphatic carbocycles. The molecule has 6 heteroatoms. The minimum Gasteiger partial charge on any atom is -0.382 e. The molecule has 5 nitrogen and oxygen atoms in total. The summed E-state index contributed by atoms with van der Waals surface area (Å²) in [4.78, 5) is 11.6. The highest BCUT2D eigenvalue weighted by atomic mass is 32.2. The molecule has 0 bridgehead atoms. The normalized spacial score (nSPS) is 16.3. The second-order valence-corrected chi connectivity index (χ2v) is 7.98. The number of anilines is 2. The Kier molecular flexibility index (Phi) is 4.88. The Hall–Kier alpha value is -1.56. The Morgan fingerprint density at radius 3 is 2.33 bits per heavy atom. The number of sulfone groups is 1. The largest absolute Gasteiger partial charge is 0.382 e. The first-order valence-corrected chi connectivity index (χ1v) is 9.09. The average molecular weight is 310 g/mol. The summed E-state index contributed by atoms with van der Waals surface area (Å²) in [5.74, 6) is 0.537. The van der Waals surface area contributed by atoms with Crippen molar-refractivity contribution in [1.29, 1.82) is 0 Å². The van der Waals surface area contributed by atoms with E-state index >= 15 is 0 Å². The van der Waals surface area contributed by atoms with Gasteiger partial charge in [0.05, 0.1) is 5.75 Å². The molecular weight excluding hydrogens is 288 g/mol. The van der Waals surface area contributed by atoms with E-state index in [-0.39, 0.29) is 29.4 Å². The van der Waals surface area contributed by atoms with Crippen LogP contribution in [0.4, 0.5) is 11.4 Å². The maximum atomic E-state index is 11.6. The fraction of sp³-hybridized carbons (Fsp3) is 0.533. The first-order chi connectivity index (χ1) is 9.89. The second kappa shape index (κ2) is 6.47. The molecule has 1 aromatic rings. The van der Waals surface area contributed by atoms with E-state index in [1.807, 2.05) is 31.2 Å². The summed E-state index contributed by atoms with van der Waals surface area (Å²) in [6.45, 7) is 3.50. The van der Waals surface area contributed by atoms with Crippen LogP contribution in [0.1, 0.15) is 26.7 Å². The van der Waals surface area contributed by atoms with E-state index < -0.39 is 9.84 Å². The number of carbonyl (C=O) groups is 1. The van der Waals surface area contributed by atoms with E-state index in [9.17, 15) is 13.2 Å². The summed E-state index contributed by atoms with van der Waals surface area (Å²) >= 11 is 0. The van der Waals surface area contributed by atoms with Gasteiger partial charge in [0, 0.05) is 29.1 Å². The summed E-state index contributed by atoms with van der Waals surface area (Å²) < 4.78 is 23.1. The van der Waals surface area contributed by atoms with Gasteiger partial charge < -0.3 is 10.6 Å². The molecule has 1 aliphatic rings. The Morgan fingerprint density at radius 1 is 1.24 bits per heavy atom. The van der Waals surface area contributed by atoms with Crippen molar-refractivity contribution in [2.75, 3.05) is 22.1 Å². The quantitative estimate of drug-likeness (QED) is 0.810. The van der Waals surface area contributed by atoms with Gasteiger partial charge in [0.15, 0.2) is 9.84 Å². The number of hydrogen-bond donors (Lipinski definition) is 2. The van der Waals surface area contributed by atoms with E-state index in [4.69, 9.17) is 0 Å². The molecule has 1 unspecified atom stereocenters. The monoisotopic (exact) mass is 310 g/mol. The zero-order valence-corrected chi connectivity index (χ0v) is 13.2. The van der Waals surface area contributed by atoms with Gasteiger partial charge in [-0.2, -0.15) is 0 Å². The average Bonchev–Trinajstić information content (AvgIpc) is 3.24. The summed E-state index contributed by atoms with van der Waals surface area (Å²) in [5, 5.41) is 6.03. The van der Waals surface area contributed by atoms with Crippen LogP contribution in [-0.4, -0.2) is 31.9 Å². The number of carbonyl (C=O) groups excluding carboxylic acids is 1. The molecule has 0 radical (unpaired) electrons. The number of benzene rings is 1. The maximum Gasteiger partial charge on any atom is 0.227 e. The van der Waals surface area contributed by atoms with Crippen LogP contribution in [0.25, 0.3) is 0 Å². The lowest BCUT2D eigenvalue weighted by molar-refractivity contribution is -0.117. The second-order valence-electron chi connectivity index (χ2n) is 5.59. The Bertz CT molecular complexity index is 592. The van der Waals surface area contributed by atoms with E-state index in [0.29, 0.717) is 0 Å². The van der Waals surface area contributed by atoms with Crippen LogP contribution in [-0.2, 0) is 14.6 Å². The van der Waals surface area contributed by atoms with Gasteiger partial charge in [0.1, 0.15) is 0 Å². The highest BCUT2D eigenvalue weighted by molar-refractivity contribution is 7.91. The van der Waals surface area contributed by atoms with Crippen LogP contribution < -0.4 is 10.6 Å². The molecule has 2 N–H and O–H groups in total. The van der Waals surface area contributed by atoms with Crippen molar-refractivity contribution < 1.29 is 13.2 Å². The third-order valence-electron chi connectivity index (χ3n) is 3.46. The third-order valence-corrected chi connectivity index (χ3v) is 5.34. The highest BCUT2D eigenvalue weighted by Crippen LogP contribution is 2.30. The number of hydrogen-bond acceptors (Lipinski definition) is 4. The zero-order valence-electron chi connectivity index (χ0n) is 12.4.